The molecular formula is C20H22N2O3. The molecule has 2 aromatic rings. The van der Waals surface area contributed by atoms with Crippen molar-refractivity contribution in [3.63, 3.8) is 0 Å². The standard InChI is InChI=1S/C20H22N2O3/c1-14(19(22)23)25-17-10-8-16(9-11-17)24-12-15-6-4-5-7-18(15)20(2,3)13-21/h4-11,14H,12H2,1-3H3,(H2,22,23)/t14-/m0/s1. The van der Waals surface area contributed by atoms with Gasteiger partial charge in [-0.2, -0.15) is 5.26 Å². The van der Waals surface area contributed by atoms with Crippen molar-refractivity contribution in [3.05, 3.63) is 59.7 Å². The van der Waals surface area contributed by atoms with Crippen LogP contribution in [0.4, 0.5) is 0 Å². The number of benzene rings is 2. The number of rotatable bonds is 7. The molecule has 0 aliphatic carbocycles. The number of ether oxygens (including phenoxy) is 2. The lowest BCUT2D eigenvalue weighted by Gasteiger charge is -2.20. The van der Waals surface area contributed by atoms with Gasteiger partial charge in [-0.3, -0.25) is 4.79 Å². The van der Waals surface area contributed by atoms with Crippen molar-refractivity contribution in [1.29, 1.82) is 5.26 Å². The lowest BCUT2D eigenvalue weighted by Crippen LogP contribution is -2.30. The molecule has 0 unspecified atom stereocenters. The highest BCUT2D eigenvalue weighted by molar-refractivity contribution is 5.78. The Kier molecular flexibility index (Phi) is 5.66. The van der Waals surface area contributed by atoms with Gasteiger partial charge < -0.3 is 15.2 Å². The molecule has 2 N–H and O–H groups in total. The molecule has 0 radical (unpaired) electrons. The van der Waals surface area contributed by atoms with Crippen molar-refractivity contribution < 1.29 is 14.3 Å². The molecule has 0 aliphatic heterocycles. The van der Waals surface area contributed by atoms with Crippen LogP contribution in [0.2, 0.25) is 0 Å². The Morgan fingerprint density at radius 2 is 1.76 bits per heavy atom. The molecule has 0 bridgehead atoms. The van der Waals surface area contributed by atoms with E-state index in [0.717, 1.165) is 11.1 Å². The van der Waals surface area contributed by atoms with Crippen LogP contribution in [-0.2, 0) is 16.8 Å². The second kappa shape index (κ2) is 7.71. The van der Waals surface area contributed by atoms with Gasteiger partial charge in [0.05, 0.1) is 11.5 Å². The second-order valence-corrected chi connectivity index (χ2v) is 6.32. The first-order valence-electron chi connectivity index (χ1n) is 8.02. The number of hydrogen-bond acceptors (Lipinski definition) is 4. The van der Waals surface area contributed by atoms with E-state index in [-0.39, 0.29) is 0 Å². The lowest BCUT2D eigenvalue weighted by atomic mass is 9.83. The predicted octanol–water partition coefficient (Wildman–Crippen LogP) is 3.32. The number of amides is 1. The average Bonchev–Trinajstić information content (AvgIpc) is 2.61. The molecule has 0 aromatic heterocycles. The van der Waals surface area contributed by atoms with E-state index in [2.05, 4.69) is 6.07 Å². The van der Waals surface area contributed by atoms with E-state index in [9.17, 15) is 10.1 Å². The van der Waals surface area contributed by atoms with Crippen LogP contribution in [0.1, 0.15) is 31.9 Å². The Labute approximate surface area is 148 Å². The number of primary amides is 1. The second-order valence-electron chi connectivity index (χ2n) is 6.32. The summed E-state index contributed by atoms with van der Waals surface area (Å²) < 4.78 is 11.2. The maximum Gasteiger partial charge on any atom is 0.258 e. The number of carbonyl (C=O) groups excluding carboxylic acids is 1. The summed E-state index contributed by atoms with van der Waals surface area (Å²) in [7, 11) is 0. The van der Waals surface area contributed by atoms with Crippen molar-refractivity contribution in [2.45, 2.75) is 38.9 Å². The van der Waals surface area contributed by atoms with Gasteiger partial charge >= 0.3 is 0 Å². The molecule has 0 spiro atoms. The molecule has 0 fully saturated rings. The van der Waals surface area contributed by atoms with Gasteiger partial charge in [-0.15, -0.1) is 0 Å². The molecule has 1 amide bonds. The van der Waals surface area contributed by atoms with E-state index in [1.165, 1.54) is 0 Å². The summed E-state index contributed by atoms with van der Waals surface area (Å²) in [6.45, 7) is 5.73. The molecule has 130 valence electrons. The van der Waals surface area contributed by atoms with E-state index >= 15 is 0 Å². The minimum Gasteiger partial charge on any atom is -0.489 e. The summed E-state index contributed by atoms with van der Waals surface area (Å²) in [6, 6.07) is 17.1. The van der Waals surface area contributed by atoms with Crippen molar-refractivity contribution >= 4 is 5.91 Å². The van der Waals surface area contributed by atoms with Crippen LogP contribution in [0.5, 0.6) is 11.5 Å². The van der Waals surface area contributed by atoms with E-state index in [4.69, 9.17) is 15.2 Å². The molecule has 5 heteroatoms. The summed E-state index contributed by atoms with van der Waals surface area (Å²) in [6.07, 6.45) is -0.688. The summed E-state index contributed by atoms with van der Waals surface area (Å²) in [5.41, 5.74) is 6.51. The predicted molar refractivity (Wildman–Crippen MR) is 95.1 cm³/mol. The topological polar surface area (TPSA) is 85.3 Å². The first kappa shape index (κ1) is 18.3. The number of hydrogen-bond donors (Lipinski definition) is 1. The summed E-state index contributed by atoms with van der Waals surface area (Å²) in [4.78, 5) is 11.0. The molecule has 0 saturated heterocycles. The van der Waals surface area contributed by atoms with E-state index < -0.39 is 17.4 Å². The Hall–Kier alpha value is -3.00. The number of nitriles is 1. The van der Waals surface area contributed by atoms with Crippen LogP contribution in [-0.4, -0.2) is 12.0 Å². The molecule has 2 rings (SSSR count). The highest BCUT2D eigenvalue weighted by Crippen LogP contribution is 2.27. The van der Waals surface area contributed by atoms with Crippen LogP contribution in [0, 0.1) is 11.3 Å². The number of nitrogens with zero attached hydrogens (tertiary/aromatic N) is 1. The average molecular weight is 338 g/mol. The van der Waals surface area contributed by atoms with E-state index in [0.29, 0.717) is 18.1 Å². The third-order valence-corrected chi connectivity index (χ3v) is 3.90. The number of nitrogens with two attached hydrogens (primary N) is 1. The van der Waals surface area contributed by atoms with Crippen LogP contribution in [0.3, 0.4) is 0 Å². The molecule has 5 nitrogen and oxygen atoms in total. The first-order valence-corrected chi connectivity index (χ1v) is 8.02. The van der Waals surface area contributed by atoms with Gasteiger partial charge in [0.1, 0.15) is 18.1 Å². The highest BCUT2D eigenvalue weighted by atomic mass is 16.5. The van der Waals surface area contributed by atoms with E-state index in [1.54, 1.807) is 31.2 Å². The van der Waals surface area contributed by atoms with Crippen molar-refractivity contribution in [2.24, 2.45) is 5.73 Å². The summed E-state index contributed by atoms with van der Waals surface area (Å²) in [5, 5.41) is 9.36. The minimum atomic E-state index is -0.688. The summed E-state index contributed by atoms with van der Waals surface area (Å²) >= 11 is 0. The Bertz CT molecular complexity index is 776. The van der Waals surface area contributed by atoms with Crippen molar-refractivity contribution in [3.8, 4) is 17.6 Å². The highest BCUT2D eigenvalue weighted by Gasteiger charge is 2.22. The van der Waals surface area contributed by atoms with Gasteiger partial charge in [0, 0.05) is 0 Å². The molecular weight excluding hydrogens is 316 g/mol. The molecule has 2 aromatic carbocycles. The maximum absolute atomic E-state index is 11.0. The van der Waals surface area contributed by atoms with Gasteiger partial charge in [0.25, 0.3) is 5.91 Å². The number of carbonyl (C=O) groups is 1. The normalized spacial score (nSPS) is 12.1. The zero-order chi connectivity index (χ0) is 18.4. The largest absolute Gasteiger partial charge is 0.489 e. The van der Waals surface area contributed by atoms with Gasteiger partial charge in [-0.25, -0.2) is 0 Å². The van der Waals surface area contributed by atoms with Crippen LogP contribution in [0.15, 0.2) is 48.5 Å². The van der Waals surface area contributed by atoms with Gasteiger partial charge in [-0.1, -0.05) is 24.3 Å². The molecule has 0 aliphatic rings. The van der Waals surface area contributed by atoms with Gasteiger partial charge in [0.15, 0.2) is 6.10 Å². The zero-order valence-electron chi connectivity index (χ0n) is 14.7. The van der Waals surface area contributed by atoms with Crippen molar-refractivity contribution in [2.75, 3.05) is 0 Å². The zero-order valence-corrected chi connectivity index (χ0v) is 14.7. The third kappa shape index (κ3) is 4.74. The fourth-order valence-electron chi connectivity index (χ4n) is 2.35. The quantitative estimate of drug-likeness (QED) is 0.839. The smallest absolute Gasteiger partial charge is 0.258 e. The van der Waals surface area contributed by atoms with Crippen LogP contribution >= 0.6 is 0 Å². The molecule has 0 heterocycles. The molecule has 25 heavy (non-hydrogen) atoms. The fourth-order valence-corrected chi connectivity index (χ4v) is 2.35. The van der Waals surface area contributed by atoms with E-state index in [1.807, 2.05) is 38.1 Å². The van der Waals surface area contributed by atoms with Crippen LogP contribution in [0.25, 0.3) is 0 Å². The van der Waals surface area contributed by atoms with Crippen LogP contribution < -0.4 is 15.2 Å². The molecule has 1 atom stereocenters. The SMILES string of the molecule is C[C@H](Oc1ccc(OCc2ccccc2C(C)(C)C#N)cc1)C(N)=O. The Morgan fingerprint density at radius 1 is 1.16 bits per heavy atom. The van der Waals surface area contributed by atoms with Gasteiger partial charge in [0.2, 0.25) is 0 Å². The van der Waals surface area contributed by atoms with Gasteiger partial charge in [-0.05, 0) is 56.2 Å². The Morgan fingerprint density at radius 3 is 2.36 bits per heavy atom. The third-order valence-electron chi connectivity index (χ3n) is 3.90. The summed E-state index contributed by atoms with van der Waals surface area (Å²) in [5.74, 6) is 0.699. The molecule has 0 saturated carbocycles. The monoisotopic (exact) mass is 338 g/mol. The fraction of sp³-hybridized carbons (Fsp3) is 0.300. The Balaban J connectivity index is 2.06. The minimum absolute atomic E-state index is 0.360. The maximum atomic E-state index is 11.0. The van der Waals surface area contributed by atoms with Crippen molar-refractivity contribution in [1.82, 2.24) is 0 Å². The first-order chi connectivity index (χ1) is 11.8. The lowest BCUT2D eigenvalue weighted by molar-refractivity contribution is -0.123.